The fraction of sp³-hybridized carbons (Fsp3) is 0.667. The first-order chi connectivity index (χ1) is 8.75. The molecule has 4 heteroatoms. The molecule has 4 aliphatic rings. The number of thioether (sulfide) groups is 1. The molecule has 3 heterocycles. The molecule has 1 fully saturated rings. The number of hydrogen-bond acceptors (Lipinski definition) is 2. The predicted octanol–water partition coefficient (Wildman–Crippen LogP) is 3.40. The molecule has 3 aliphatic heterocycles. The molecule has 2 unspecified atom stereocenters. The third-order valence-electron chi connectivity index (χ3n) is 5.25. The van der Waals surface area contributed by atoms with Crippen LogP contribution in [0.4, 0.5) is 0 Å². The van der Waals surface area contributed by atoms with Crippen LogP contribution in [0.15, 0.2) is 27.2 Å². The van der Waals surface area contributed by atoms with Crippen LogP contribution in [-0.2, 0) is 0 Å². The van der Waals surface area contributed by atoms with Crippen molar-refractivity contribution in [1.29, 1.82) is 0 Å². The minimum Gasteiger partial charge on any atom is -0.295 e. The van der Waals surface area contributed by atoms with E-state index < -0.39 is 0 Å². The quantitative estimate of drug-likeness (QED) is 0.624. The maximum absolute atomic E-state index is 4.60. The van der Waals surface area contributed by atoms with Crippen molar-refractivity contribution >= 4 is 30.4 Å². The first-order valence-corrected chi connectivity index (χ1v) is 8.15. The first-order valence-electron chi connectivity index (χ1n) is 7.17. The monoisotopic (exact) mass is 297 g/mol. The molecular weight excluding hydrogens is 276 g/mol. The first kappa shape index (κ1) is 13.7. The van der Waals surface area contributed by atoms with Gasteiger partial charge in [0.1, 0.15) is 5.70 Å². The molecule has 0 aromatic rings. The van der Waals surface area contributed by atoms with E-state index in [1.165, 1.54) is 49.0 Å². The normalized spacial score (nSPS) is 39.9. The average Bonchev–Trinajstić information content (AvgIpc) is 2.54. The summed E-state index contributed by atoms with van der Waals surface area (Å²) >= 11 is 2.13. The summed E-state index contributed by atoms with van der Waals surface area (Å²) in [5, 5.41) is 0. The maximum Gasteiger partial charge on any atom is 0.116 e. The van der Waals surface area contributed by atoms with Gasteiger partial charge in [-0.1, -0.05) is 6.08 Å². The summed E-state index contributed by atoms with van der Waals surface area (Å²) in [6.45, 7) is 3.62. The average molecular weight is 298 g/mol. The van der Waals surface area contributed by atoms with Crippen molar-refractivity contribution in [3.05, 3.63) is 22.3 Å². The third kappa shape index (κ3) is 1.78. The van der Waals surface area contributed by atoms with Crippen LogP contribution in [0.5, 0.6) is 0 Å². The van der Waals surface area contributed by atoms with E-state index in [4.69, 9.17) is 0 Å². The number of quaternary nitrogens is 1. The lowest BCUT2D eigenvalue weighted by Crippen LogP contribution is -2.45. The van der Waals surface area contributed by atoms with Crippen LogP contribution in [-0.4, -0.2) is 43.1 Å². The van der Waals surface area contributed by atoms with Crippen molar-refractivity contribution in [3.63, 3.8) is 0 Å². The van der Waals surface area contributed by atoms with Gasteiger partial charge in [-0.3, -0.25) is 9.48 Å². The van der Waals surface area contributed by atoms with Gasteiger partial charge in [0, 0.05) is 30.5 Å². The number of dihydropyridines is 1. The van der Waals surface area contributed by atoms with Gasteiger partial charge in [-0.2, -0.15) is 0 Å². The summed E-state index contributed by atoms with van der Waals surface area (Å²) in [5.74, 6) is 1.29. The van der Waals surface area contributed by atoms with E-state index >= 15 is 0 Å². The number of rotatable bonds is 0. The van der Waals surface area contributed by atoms with Crippen molar-refractivity contribution in [2.45, 2.75) is 25.7 Å². The van der Waals surface area contributed by atoms with Gasteiger partial charge < -0.3 is 0 Å². The number of fused-ring (bicyclic) bond motifs is 2. The molecule has 19 heavy (non-hydrogen) atoms. The minimum absolute atomic E-state index is 0. The highest BCUT2D eigenvalue weighted by molar-refractivity contribution is 8.03. The van der Waals surface area contributed by atoms with Gasteiger partial charge in [0.05, 0.1) is 25.6 Å². The second-order valence-corrected chi connectivity index (χ2v) is 7.45. The third-order valence-corrected chi connectivity index (χ3v) is 6.50. The number of halogens is 1. The summed E-state index contributed by atoms with van der Waals surface area (Å²) in [6.07, 6.45) is 9.95. The molecule has 0 aromatic carbocycles. The number of aliphatic imine (C=N–C) groups is 1. The van der Waals surface area contributed by atoms with Crippen LogP contribution in [0.25, 0.3) is 0 Å². The molecule has 104 valence electrons. The van der Waals surface area contributed by atoms with Crippen molar-refractivity contribution in [3.8, 4) is 0 Å². The SMILES string of the molecule is C[N+]12CCSC3=CCCCC3(C1)C1=C2CCN=C1.Cl. The molecule has 0 aromatic heterocycles. The standard InChI is InChI=1S/C15H21N2S.ClH/c1-17-8-9-18-14-4-2-3-6-15(14,11-17)12-10-16-7-5-13(12)17;/h4,10H,2-3,5-9,11H2,1H3;1H/q+1;. The van der Waals surface area contributed by atoms with E-state index in [1.807, 2.05) is 0 Å². The van der Waals surface area contributed by atoms with Crippen LogP contribution in [0.3, 0.4) is 0 Å². The Labute approximate surface area is 126 Å². The van der Waals surface area contributed by atoms with Gasteiger partial charge in [-0.15, -0.1) is 24.2 Å². The minimum atomic E-state index is 0. The van der Waals surface area contributed by atoms with Gasteiger partial charge in [-0.25, -0.2) is 0 Å². The van der Waals surface area contributed by atoms with Crippen molar-refractivity contribution in [2.24, 2.45) is 10.4 Å². The molecule has 1 saturated heterocycles. The van der Waals surface area contributed by atoms with Gasteiger partial charge in [0.15, 0.2) is 0 Å². The molecule has 2 nitrogen and oxygen atoms in total. The lowest BCUT2D eigenvalue weighted by Gasteiger charge is -2.35. The fourth-order valence-corrected chi connectivity index (χ4v) is 5.92. The molecular formula is C15H22ClN2S+. The van der Waals surface area contributed by atoms with Crippen LogP contribution < -0.4 is 0 Å². The Morgan fingerprint density at radius 1 is 1.42 bits per heavy atom. The summed E-state index contributed by atoms with van der Waals surface area (Å²) in [7, 11) is 2.46. The molecule has 4 rings (SSSR count). The molecule has 0 radical (unpaired) electrons. The number of allylic oxidation sites excluding steroid dienone is 1. The summed E-state index contributed by atoms with van der Waals surface area (Å²) in [6, 6.07) is 0. The van der Waals surface area contributed by atoms with Gasteiger partial charge >= 0.3 is 0 Å². The van der Waals surface area contributed by atoms with E-state index in [1.54, 1.807) is 16.2 Å². The van der Waals surface area contributed by atoms with E-state index in [0.29, 0.717) is 5.41 Å². The van der Waals surface area contributed by atoms with Crippen molar-refractivity contribution in [1.82, 2.24) is 0 Å². The Morgan fingerprint density at radius 2 is 2.32 bits per heavy atom. The Kier molecular flexibility index (Phi) is 3.35. The molecule has 2 bridgehead atoms. The van der Waals surface area contributed by atoms with Gasteiger partial charge in [0.25, 0.3) is 0 Å². The smallest absolute Gasteiger partial charge is 0.116 e. The van der Waals surface area contributed by atoms with Gasteiger partial charge in [0.2, 0.25) is 0 Å². The molecule has 1 spiro atoms. The van der Waals surface area contributed by atoms with Crippen LogP contribution >= 0.6 is 24.2 Å². The Balaban J connectivity index is 0.00000110. The molecule has 0 amide bonds. The largest absolute Gasteiger partial charge is 0.295 e. The highest BCUT2D eigenvalue weighted by Crippen LogP contribution is 2.58. The molecule has 0 N–H and O–H groups in total. The zero-order chi connectivity index (χ0) is 12.2. The van der Waals surface area contributed by atoms with Crippen LogP contribution in [0, 0.1) is 5.41 Å². The van der Waals surface area contributed by atoms with Crippen molar-refractivity contribution < 1.29 is 4.48 Å². The number of nitrogens with zero attached hydrogens (tertiary/aromatic N) is 2. The predicted molar refractivity (Wildman–Crippen MR) is 85.0 cm³/mol. The van der Waals surface area contributed by atoms with E-state index in [-0.39, 0.29) is 12.4 Å². The molecule has 0 saturated carbocycles. The van der Waals surface area contributed by atoms with E-state index in [2.05, 4.69) is 36.1 Å². The summed E-state index contributed by atoms with van der Waals surface area (Å²) in [5.41, 5.74) is 3.67. The van der Waals surface area contributed by atoms with E-state index in [9.17, 15) is 0 Å². The Bertz CT molecular complexity index is 496. The van der Waals surface area contributed by atoms with Crippen LogP contribution in [0.2, 0.25) is 0 Å². The van der Waals surface area contributed by atoms with E-state index in [0.717, 1.165) is 6.54 Å². The second-order valence-electron chi connectivity index (χ2n) is 6.31. The zero-order valence-electron chi connectivity index (χ0n) is 11.5. The number of hydrogen-bond donors (Lipinski definition) is 0. The fourth-order valence-electron chi connectivity index (χ4n) is 4.42. The van der Waals surface area contributed by atoms with Crippen molar-refractivity contribution in [2.75, 3.05) is 32.4 Å². The highest BCUT2D eigenvalue weighted by Gasteiger charge is 2.56. The maximum atomic E-state index is 4.60. The lowest BCUT2D eigenvalue weighted by atomic mass is 9.73. The summed E-state index contributed by atoms with van der Waals surface area (Å²) in [4.78, 5) is 6.27. The molecule has 2 atom stereocenters. The lowest BCUT2D eigenvalue weighted by molar-refractivity contribution is -0.869. The highest BCUT2D eigenvalue weighted by atomic mass is 35.5. The zero-order valence-corrected chi connectivity index (χ0v) is 13.2. The summed E-state index contributed by atoms with van der Waals surface area (Å²) < 4.78 is 1.20. The topological polar surface area (TPSA) is 12.4 Å². The Hall–Kier alpha value is -0.250. The molecule has 1 aliphatic carbocycles. The second kappa shape index (κ2) is 4.64. The van der Waals surface area contributed by atoms with Gasteiger partial charge in [-0.05, 0) is 24.2 Å². The van der Waals surface area contributed by atoms with Crippen LogP contribution in [0.1, 0.15) is 25.7 Å². The Morgan fingerprint density at radius 3 is 3.21 bits per heavy atom.